The van der Waals surface area contributed by atoms with Gasteiger partial charge in [-0.25, -0.2) is 0 Å². The van der Waals surface area contributed by atoms with Gasteiger partial charge in [-0.05, 0) is 56.5 Å². The van der Waals surface area contributed by atoms with E-state index in [1.807, 2.05) is 20.8 Å². The van der Waals surface area contributed by atoms with Crippen molar-refractivity contribution in [3.8, 4) is 5.75 Å². The minimum absolute atomic E-state index is 0.242. The largest absolute Gasteiger partial charge is 0.488 e. The molecule has 0 unspecified atom stereocenters. The molecule has 0 aliphatic rings. The number of benzene rings is 2. The van der Waals surface area contributed by atoms with Crippen molar-refractivity contribution in [3.63, 3.8) is 0 Å². The summed E-state index contributed by atoms with van der Waals surface area (Å²) in [4.78, 5) is 0. The van der Waals surface area contributed by atoms with Gasteiger partial charge in [-0.3, -0.25) is 0 Å². The van der Waals surface area contributed by atoms with Crippen LogP contribution in [0.1, 0.15) is 37.5 Å². The Morgan fingerprint density at radius 2 is 1.45 bits per heavy atom. The van der Waals surface area contributed by atoms with E-state index in [1.165, 1.54) is 12.1 Å². The fourth-order valence-corrected chi connectivity index (χ4v) is 2.20. The van der Waals surface area contributed by atoms with Crippen molar-refractivity contribution in [1.29, 1.82) is 0 Å². The molecular formula is C18H19F3O. The molecule has 0 fully saturated rings. The van der Waals surface area contributed by atoms with Crippen molar-refractivity contribution in [1.82, 2.24) is 0 Å². The highest BCUT2D eigenvalue weighted by Gasteiger charge is 2.32. The van der Waals surface area contributed by atoms with Crippen molar-refractivity contribution >= 4 is 0 Å². The lowest BCUT2D eigenvalue weighted by Gasteiger charge is -2.21. The van der Waals surface area contributed by atoms with Crippen LogP contribution in [0.4, 0.5) is 13.2 Å². The molecule has 0 aliphatic carbocycles. The summed E-state index contributed by atoms with van der Waals surface area (Å²) in [5, 5.41) is 0. The first kappa shape index (κ1) is 16.4. The van der Waals surface area contributed by atoms with Gasteiger partial charge < -0.3 is 4.74 Å². The maximum absolute atomic E-state index is 13.0. The van der Waals surface area contributed by atoms with Crippen molar-refractivity contribution in [2.45, 2.75) is 39.0 Å². The molecule has 4 heteroatoms. The Labute approximate surface area is 128 Å². The first-order valence-corrected chi connectivity index (χ1v) is 7.08. The minimum atomic E-state index is -4.33. The summed E-state index contributed by atoms with van der Waals surface area (Å²) >= 11 is 0. The molecule has 2 aromatic carbocycles. The van der Waals surface area contributed by atoms with Crippen molar-refractivity contribution in [2.24, 2.45) is 0 Å². The van der Waals surface area contributed by atoms with Gasteiger partial charge in [0.2, 0.25) is 0 Å². The van der Waals surface area contributed by atoms with Crippen LogP contribution >= 0.6 is 0 Å². The molecule has 118 valence electrons. The van der Waals surface area contributed by atoms with Gasteiger partial charge in [-0.2, -0.15) is 13.2 Å². The third-order valence-corrected chi connectivity index (χ3v) is 3.06. The minimum Gasteiger partial charge on any atom is -0.488 e. The number of hydrogen-bond donors (Lipinski definition) is 0. The predicted molar refractivity (Wildman–Crippen MR) is 81.1 cm³/mol. The smallest absolute Gasteiger partial charge is 0.416 e. The third-order valence-electron chi connectivity index (χ3n) is 3.06. The summed E-state index contributed by atoms with van der Waals surface area (Å²) in [7, 11) is 0. The molecule has 0 aromatic heterocycles. The molecule has 0 radical (unpaired) electrons. The van der Waals surface area contributed by atoms with E-state index in [2.05, 4.69) is 0 Å². The summed E-state index contributed by atoms with van der Waals surface area (Å²) in [6.45, 7) is 5.83. The lowest BCUT2D eigenvalue weighted by Crippen LogP contribution is -2.22. The van der Waals surface area contributed by atoms with E-state index in [0.29, 0.717) is 5.75 Å². The van der Waals surface area contributed by atoms with Gasteiger partial charge in [-0.15, -0.1) is 0 Å². The van der Waals surface area contributed by atoms with Crippen LogP contribution in [0.25, 0.3) is 0 Å². The molecule has 22 heavy (non-hydrogen) atoms. The second-order valence-electron chi connectivity index (χ2n) is 6.19. The molecule has 0 atom stereocenters. The molecule has 2 aromatic rings. The lowest BCUT2D eigenvalue weighted by atomic mass is 9.99. The summed E-state index contributed by atoms with van der Waals surface area (Å²) in [6, 6.07) is 12.8. The molecule has 0 amide bonds. The highest BCUT2D eigenvalue weighted by atomic mass is 19.4. The molecule has 0 saturated carbocycles. The van der Waals surface area contributed by atoms with Crippen LogP contribution in [0.3, 0.4) is 0 Å². The summed E-state index contributed by atoms with van der Waals surface area (Å²) in [5.41, 5.74) is 0.215. The molecule has 2 rings (SSSR count). The maximum Gasteiger partial charge on any atom is 0.416 e. The first-order valence-electron chi connectivity index (χ1n) is 7.08. The van der Waals surface area contributed by atoms with Crippen molar-refractivity contribution in [2.75, 3.05) is 0 Å². The normalized spacial score (nSPS) is 12.3. The highest BCUT2D eigenvalue weighted by molar-refractivity contribution is 5.36. The quantitative estimate of drug-likeness (QED) is 0.730. The van der Waals surface area contributed by atoms with Crippen LogP contribution in [0.5, 0.6) is 5.75 Å². The van der Waals surface area contributed by atoms with Gasteiger partial charge in [0.1, 0.15) is 11.4 Å². The lowest BCUT2D eigenvalue weighted by molar-refractivity contribution is -0.138. The van der Waals surface area contributed by atoms with Gasteiger partial charge in [0.25, 0.3) is 0 Å². The van der Waals surface area contributed by atoms with Gasteiger partial charge in [0.15, 0.2) is 0 Å². The fourth-order valence-electron chi connectivity index (χ4n) is 2.20. The van der Waals surface area contributed by atoms with Gasteiger partial charge in [0, 0.05) is 0 Å². The Hall–Kier alpha value is -1.97. The van der Waals surface area contributed by atoms with Gasteiger partial charge in [0.05, 0.1) is 5.56 Å². The van der Waals surface area contributed by atoms with Crippen LogP contribution < -0.4 is 4.74 Å². The molecule has 0 saturated heterocycles. The average Bonchev–Trinajstić information content (AvgIpc) is 2.39. The molecule has 0 N–H and O–H groups in total. The van der Waals surface area contributed by atoms with Crippen molar-refractivity contribution in [3.05, 3.63) is 65.2 Å². The summed E-state index contributed by atoms with van der Waals surface area (Å²) in [5.74, 6) is 0.709. The number of ether oxygens (including phenoxy) is 1. The molecule has 1 nitrogen and oxygen atoms in total. The average molecular weight is 308 g/mol. The SMILES string of the molecule is CC(C)(C)Oc1ccc(Cc2ccccc2C(F)(F)F)cc1. The monoisotopic (exact) mass is 308 g/mol. The standard InChI is InChI=1S/C18H19F3O/c1-17(2,3)22-15-10-8-13(9-11-15)12-14-6-4-5-7-16(14)18(19,20)21/h4-11H,12H2,1-3H3. The fraction of sp³-hybridized carbons (Fsp3) is 0.333. The van der Waals surface area contributed by atoms with E-state index >= 15 is 0 Å². The summed E-state index contributed by atoms with van der Waals surface area (Å²) in [6.07, 6.45) is -4.09. The topological polar surface area (TPSA) is 9.23 Å². The van der Waals surface area contributed by atoms with E-state index in [0.717, 1.165) is 11.6 Å². The Balaban J connectivity index is 2.19. The number of rotatable bonds is 3. The first-order chi connectivity index (χ1) is 10.1. The zero-order valence-electron chi connectivity index (χ0n) is 12.9. The van der Waals surface area contributed by atoms with Crippen LogP contribution in [-0.4, -0.2) is 5.60 Å². The number of hydrogen-bond acceptors (Lipinski definition) is 1. The molecule has 0 aliphatic heterocycles. The predicted octanol–water partition coefficient (Wildman–Crippen LogP) is 5.47. The van der Waals surface area contributed by atoms with E-state index in [-0.39, 0.29) is 17.6 Å². The van der Waals surface area contributed by atoms with Crippen LogP contribution in [0.15, 0.2) is 48.5 Å². The Morgan fingerprint density at radius 1 is 0.864 bits per heavy atom. The number of alkyl halides is 3. The maximum atomic E-state index is 13.0. The van der Waals surface area contributed by atoms with Crippen LogP contribution in [-0.2, 0) is 12.6 Å². The van der Waals surface area contributed by atoms with Crippen molar-refractivity contribution < 1.29 is 17.9 Å². The zero-order chi connectivity index (χ0) is 16.4. The van der Waals surface area contributed by atoms with Gasteiger partial charge in [-0.1, -0.05) is 30.3 Å². The molecule has 0 heterocycles. The molecule has 0 spiro atoms. The zero-order valence-corrected chi connectivity index (χ0v) is 12.9. The second kappa shape index (κ2) is 6.03. The van der Waals surface area contributed by atoms with E-state index in [1.54, 1.807) is 30.3 Å². The molecule has 0 bridgehead atoms. The highest BCUT2D eigenvalue weighted by Crippen LogP contribution is 2.33. The van der Waals surface area contributed by atoms with Crippen LogP contribution in [0.2, 0.25) is 0 Å². The van der Waals surface area contributed by atoms with E-state index in [9.17, 15) is 13.2 Å². The van der Waals surface area contributed by atoms with Crippen LogP contribution in [0, 0.1) is 0 Å². The van der Waals surface area contributed by atoms with E-state index < -0.39 is 11.7 Å². The second-order valence-corrected chi connectivity index (χ2v) is 6.19. The Bertz CT molecular complexity index is 622. The van der Waals surface area contributed by atoms with Gasteiger partial charge >= 0.3 is 6.18 Å². The Kier molecular flexibility index (Phi) is 4.50. The van der Waals surface area contributed by atoms with E-state index in [4.69, 9.17) is 4.74 Å². The summed E-state index contributed by atoms with van der Waals surface area (Å²) < 4.78 is 44.6. The Morgan fingerprint density at radius 3 is 2.00 bits per heavy atom. The molecular weight excluding hydrogens is 289 g/mol. The third kappa shape index (κ3) is 4.52. The number of halogens is 3.